The Morgan fingerprint density at radius 1 is 1.25 bits per heavy atom. The van der Waals surface area contributed by atoms with Crippen LogP contribution in [0.5, 0.6) is 11.5 Å². The van der Waals surface area contributed by atoms with Crippen molar-refractivity contribution in [1.82, 2.24) is 5.32 Å². The molecular weight excluding hydrogens is 254 g/mol. The van der Waals surface area contributed by atoms with E-state index in [1.54, 1.807) is 7.11 Å². The van der Waals surface area contributed by atoms with Crippen LogP contribution in [-0.2, 0) is 4.79 Å². The Labute approximate surface area is 119 Å². The molecule has 20 heavy (non-hydrogen) atoms. The van der Waals surface area contributed by atoms with Crippen LogP contribution in [0.3, 0.4) is 0 Å². The number of hydrogen-bond donors (Lipinski definition) is 1. The van der Waals surface area contributed by atoms with Crippen LogP contribution in [0.1, 0.15) is 43.6 Å². The van der Waals surface area contributed by atoms with Gasteiger partial charge in [0.2, 0.25) is 5.91 Å². The molecule has 1 saturated heterocycles. The average Bonchev–Trinajstić information content (AvgIpc) is 3.10. The van der Waals surface area contributed by atoms with Gasteiger partial charge in [-0.1, -0.05) is 12.1 Å². The van der Waals surface area contributed by atoms with Crippen molar-refractivity contribution in [2.45, 2.75) is 44.1 Å². The van der Waals surface area contributed by atoms with Gasteiger partial charge in [0, 0.05) is 24.4 Å². The second-order valence-corrected chi connectivity index (χ2v) is 5.61. The summed E-state index contributed by atoms with van der Waals surface area (Å²) in [6.45, 7) is 0.683. The molecule has 1 saturated carbocycles. The van der Waals surface area contributed by atoms with Gasteiger partial charge < -0.3 is 14.8 Å². The summed E-state index contributed by atoms with van der Waals surface area (Å²) in [6.07, 6.45) is 5.57. The van der Waals surface area contributed by atoms with Crippen LogP contribution in [0.15, 0.2) is 18.2 Å². The Balaban J connectivity index is 1.84. The first-order valence-corrected chi connectivity index (χ1v) is 7.38. The van der Waals surface area contributed by atoms with Crippen molar-refractivity contribution in [3.05, 3.63) is 23.8 Å². The molecule has 3 rings (SSSR count). The number of benzene rings is 1. The molecule has 1 aromatic rings. The summed E-state index contributed by atoms with van der Waals surface area (Å²) in [5, 5.41) is 2.88. The van der Waals surface area contributed by atoms with Crippen LogP contribution in [-0.4, -0.2) is 25.7 Å². The van der Waals surface area contributed by atoms with E-state index in [2.05, 4.69) is 5.32 Å². The molecule has 4 heteroatoms. The van der Waals surface area contributed by atoms with E-state index < -0.39 is 0 Å². The third kappa shape index (κ3) is 2.60. The summed E-state index contributed by atoms with van der Waals surface area (Å²) < 4.78 is 11.7. The Morgan fingerprint density at radius 3 is 2.70 bits per heavy atom. The second kappa shape index (κ2) is 5.73. The fourth-order valence-corrected chi connectivity index (χ4v) is 3.18. The highest BCUT2D eigenvalue weighted by Gasteiger charge is 2.27. The molecule has 1 unspecified atom stereocenters. The van der Waals surface area contributed by atoms with E-state index in [-0.39, 0.29) is 11.8 Å². The Hall–Kier alpha value is -1.71. The molecule has 0 radical (unpaired) electrons. The predicted octanol–water partition coefficient (Wildman–Crippen LogP) is 2.62. The van der Waals surface area contributed by atoms with Crippen molar-refractivity contribution in [2.24, 2.45) is 0 Å². The molecule has 1 heterocycles. The number of para-hydroxylation sites is 1. The molecule has 1 aliphatic heterocycles. The fourth-order valence-electron chi connectivity index (χ4n) is 3.18. The molecule has 1 atom stereocenters. The number of nitrogens with one attached hydrogen (secondary N) is 1. The van der Waals surface area contributed by atoms with Crippen molar-refractivity contribution in [2.75, 3.05) is 13.7 Å². The van der Waals surface area contributed by atoms with Crippen LogP contribution in [0.25, 0.3) is 0 Å². The standard InChI is InChI=1S/C16H21NO3/c1-19-16-13(11-9-15(18)17-10-11)7-4-8-14(16)20-12-5-2-3-6-12/h4,7-8,11-12H,2-3,5-6,9-10H2,1H3,(H,17,18). The van der Waals surface area contributed by atoms with Crippen LogP contribution in [0.4, 0.5) is 0 Å². The summed E-state index contributed by atoms with van der Waals surface area (Å²) in [5.74, 6) is 1.90. The maximum Gasteiger partial charge on any atom is 0.220 e. The topological polar surface area (TPSA) is 47.6 Å². The van der Waals surface area contributed by atoms with Gasteiger partial charge in [-0.05, 0) is 31.7 Å². The largest absolute Gasteiger partial charge is 0.493 e. The second-order valence-electron chi connectivity index (χ2n) is 5.61. The molecule has 0 bridgehead atoms. The number of ether oxygens (including phenoxy) is 2. The van der Waals surface area contributed by atoms with Gasteiger partial charge in [0.15, 0.2) is 11.5 Å². The van der Waals surface area contributed by atoms with E-state index in [0.29, 0.717) is 19.1 Å². The van der Waals surface area contributed by atoms with Crippen LogP contribution in [0.2, 0.25) is 0 Å². The Kier molecular flexibility index (Phi) is 3.81. The van der Waals surface area contributed by atoms with Gasteiger partial charge in [-0.2, -0.15) is 0 Å². The number of hydrogen-bond acceptors (Lipinski definition) is 3. The molecule has 2 aliphatic rings. The lowest BCUT2D eigenvalue weighted by molar-refractivity contribution is -0.119. The lowest BCUT2D eigenvalue weighted by Crippen LogP contribution is -2.14. The Morgan fingerprint density at radius 2 is 2.05 bits per heavy atom. The highest BCUT2D eigenvalue weighted by Crippen LogP contribution is 2.39. The third-order valence-corrected chi connectivity index (χ3v) is 4.23. The van der Waals surface area contributed by atoms with Gasteiger partial charge in [0.05, 0.1) is 13.2 Å². The highest BCUT2D eigenvalue weighted by molar-refractivity contribution is 5.79. The van der Waals surface area contributed by atoms with Gasteiger partial charge in [-0.3, -0.25) is 4.79 Å². The van der Waals surface area contributed by atoms with E-state index >= 15 is 0 Å². The normalized spacial score (nSPS) is 22.9. The summed E-state index contributed by atoms with van der Waals surface area (Å²) in [6, 6.07) is 5.99. The molecule has 4 nitrogen and oxygen atoms in total. The molecule has 2 fully saturated rings. The minimum atomic E-state index is 0.110. The molecule has 1 aromatic carbocycles. The zero-order chi connectivity index (χ0) is 13.9. The average molecular weight is 275 g/mol. The predicted molar refractivity (Wildman–Crippen MR) is 76.2 cm³/mol. The van der Waals surface area contributed by atoms with Crippen molar-refractivity contribution >= 4 is 5.91 Å². The van der Waals surface area contributed by atoms with Crippen molar-refractivity contribution in [1.29, 1.82) is 0 Å². The molecular formula is C16H21NO3. The van der Waals surface area contributed by atoms with Crippen LogP contribution < -0.4 is 14.8 Å². The molecule has 108 valence electrons. The monoisotopic (exact) mass is 275 g/mol. The number of carbonyl (C=O) groups is 1. The summed E-state index contributed by atoms with van der Waals surface area (Å²) >= 11 is 0. The van der Waals surface area contributed by atoms with Gasteiger partial charge in [0.25, 0.3) is 0 Å². The first-order valence-electron chi connectivity index (χ1n) is 7.38. The molecule has 1 N–H and O–H groups in total. The van der Waals surface area contributed by atoms with E-state index in [0.717, 1.165) is 29.9 Å². The van der Waals surface area contributed by atoms with Crippen LogP contribution in [0, 0.1) is 0 Å². The van der Waals surface area contributed by atoms with Crippen molar-refractivity contribution in [3.63, 3.8) is 0 Å². The lowest BCUT2D eigenvalue weighted by atomic mass is 9.97. The number of methoxy groups -OCH3 is 1. The maximum atomic E-state index is 11.4. The van der Waals surface area contributed by atoms with Crippen LogP contribution >= 0.6 is 0 Å². The number of amides is 1. The molecule has 0 aromatic heterocycles. The third-order valence-electron chi connectivity index (χ3n) is 4.23. The van der Waals surface area contributed by atoms with Crippen molar-refractivity contribution < 1.29 is 14.3 Å². The Bertz CT molecular complexity index is 494. The van der Waals surface area contributed by atoms with Gasteiger partial charge in [-0.15, -0.1) is 0 Å². The van der Waals surface area contributed by atoms with Gasteiger partial charge in [0.1, 0.15) is 0 Å². The number of carbonyl (C=O) groups excluding carboxylic acids is 1. The van der Waals surface area contributed by atoms with Gasteiger partial charge in [-0.25, -0.2) is 0 Å². The first kappa shape index (κ1) is 13.3. The minimum absolute atomic E-state index is 0.110. The SMILES string of the molecule is COc1c(OC2CCCC2)cccc1C1CNC(=O)C1. The molecule has 1 amide bonds. The first-order chi connectivity index (χ1) is 9.78. The molecule has 0 spiro atoms. The zero-order valence-corrected chi connectivity index (χ0v) is 11.9. The van der Waals surface area contributed by atoms with Gasteiger partial charge >= 0.3 is 0 Å². The smallest absolute Gasteiger partial charge is 0.220 e. The van der Waals surface area contributed by atoms with E-state index in [1.165, 1.54) is 12.8 Å². The summed E-state index contributed by atoms with van der Waals surface area (Å²) in [7, 11) is 1.67. The van der Waals surface area contributed by atoms with E-state index in [1.807, 2.05) is 18.2 Å². The fraction of sp³-hybridized carbons (Fsp3) is 0.562. The highest BCUT2D eigenvalue weighted by atomic mass is 16.5. The van der Waals surface area contributed by atoms with Crippen molar-refractivity contribution in [3.8, 4) is 11.5 Å². The number of rotatable bonds is 4. The quantitative estimate of drug-likeness (QED) is 0.919. The minimum Gasteiger partial charge on any atom is -0.493 e. The zero-order valence-electron chi connectivity index (χ0n) is 11.9. The lowest BCUT2D eigenvalue weighted by Gasteiger charge is -2.20. The summed E-state index contributed by atoms with van der Waals surface area (Å²) in [5.41, 5.74) is 1.07. The summed E-state index contributed by atoms with van der Waals surface area (Å²) in [4.78, 5) is 11.4. The van der Waals surface area contributed by atoms with E-state index in [9.17, 15) is 4.79 Å². The van der Waals surface area contributed by atoms with E-state index in [4.69, 9.17) is 9.47 Å². The molecule has 1 aliphatic carbocycles. The maximum absolute atomic E-state index is 11.4.